The molecule has 1 aliphatic heterocycles. The average molecular weight is 331 g/mol. The Morgan fingerprint density at radius 2 is 1.70 bits per heavy atom. The molecule has 0 bridgehead atoms. The van der Waals surface area contributed by atoms with Crippen LogP contribution < -0.4 is 10.6 Å². The van der Waals surface area contributed by atoms with Crippen LogP contribution in [0, 0.1) is 6.92 Å². The molecule has 100 valence electrons. The van der Waals surface area contributed by atoms with E-state index in [0.29, 0.717) is 22.5 Å². The summed E-state index contributed by atoms with van der Waals surface area (Å²) in [5.74, 6) is -0.659. The van der Waals surface area contributed by atoms with E-state index in [4.69, 9.17) is 5.73 Å². The highest BCUT2D eigenvalue weighted by Gasteiger charge is 2.36. The maximum atomic E-state index is 12.4. The summed E-state index contributed by atoms with van der Waals surface area (Å²) in [6, 6.07) is 10.1. The van der Waals surface area contributed by atoms with E-state index < -0.39 is 0 Å². The Kier molecular flexibility index (Phi) is 2.87. The molecule has 0 saturated heterocycles. The summed E-state index contributed by atoms with van der Waals surface area (Å²) in [6.07, 6.45) is 0. The van der Waals surface area contributed by atoms with Gasteiger partial charge in [0.1, 0.15) is 0 Å². The molecule has 20 heavy (non-hydrogen) atoms. The van der Waals surface area contributed by atoms with Crippen molar-refractivity contribution >= 4 is 39.1 Å². The van der Waals surface area contributed by atoms with Crippen LogP contribution in [-0.2, 0) is 0 Å². The van der Waals surface area contributed by atoms with Crippen LogP contribution in [-0.4, -0.2) is 11.8 Å². The van der Waals surface area contributed by atoms with Gasteiger partial charge in [-0.2, -0.15) is 0 Å². The highest BCUT2D eigenvalue weighted by atomic mass is 79.9. The standard InChI is InChI=1S/C15H11BrN2O2/c1-8-2-4-10(7-13(8)16)18-14(19)11-5-3-9(17)6-12(11)15(18)20/h2-7H,17H2,1H3. The molecule has 0 radical (unpaired) electrons. The predicted molar refractivity (Wildman–Crippen MR) is 80.9 cm³/mol. The summed E-state index contributed by atoms with van der Waals surface area (Å²) in [5.41, 5.74) is 8.47. The quantitative estimate of drug-likeness (QED) is 0.645. The Balaban J connectivity index is 2.11. The van der Waals surface area contributed by atoms with Crippen molar-refractivity contribution in [2.45, 2.75) is 6.92 Å². The van der Waals surface area contributed by atoms with Crippen molar-refractivity contribution in [3.05, 3.63) is 57.6 Å². The zero-order chi connectivity index (χ0) is 14.4. The Morgan fingerprint density at radius 3 is 2.40 bits per heavy atom. The van der Waals surface area contributed by atoms with Crippen LogP contribution in [0.3, 0.4) is 0 Å². The fraction of sp³-hybridized carbons (Fsp3) is 0.0667. The Bertz CT molecular complexity index is 756. The molecular weight excluding hydrogens is 320 g/mol. The molecule has 0 atom stereocenters. The Morgan fingerprint density at radius 1 is 1.00 bits per heavy atom. The normalized spacial score (nSPS) is 13.8. The summed E-state index contributed by atoms with van der Waals surface area (Å²) < 4.78 is 0.853. The number of amides is 2. The third kappa shape index (κ3) is 1.82. The number of carbonyl (C=O) groups is 2. The first-order valence-electron chi connectivity index (χ1n) is 6.03. The number of imide groups is 1. The van der Waals surface area contributed by atoms with Crippen molar-refractivity contribution in [1.82, 2.24) is 0 Å². The minimum absolute atomic E-state index is 0.319. The van der Waals surface area contributed by atoms with Gasteiger partial charge in [0.15, 0.2) is 0 Å². The Labute approximate surface area is 124 Å². The summed E-state index contributed by atoms with van der Waals surface area (Å²) in [7, 11) is 0. The van der Waals surface area contributed by atoms with Crippen LogP contribution in [0.4, 0.5) is 11.4 Å². The molecule has 0 spiro atoms. The van der Waals surface area contributed by atoms with E-state index in [0.717, 1.165) is 10.0 Å². The van der Waals surface area contributed by atoms with Crippen molar-refractivity contribution in [2.75, 3.05) is 10.6 Å². The zero-order valence-corrected chi connectivity index (χ0v) is 12.3. The molecule has 0 fully saturated rings. The number of carbonyl (C=O) groups excluding carboxylic acids is 2. The molecule has 3 rings (SSSR count). The fourth-order valence-corrected chi connectivity index (χ4v) is 2.58. The first kappa shape index (κ1) is 12.9. The minimum atomic E-state index is -0.340. The molecule has 2 N–H and O–H groups in total. The number of nitrogens with two attached hydrogens (primary N) is 1. The highest BCUT2D eigenvalue weighted by Crippen LogP contribution is 2.31. The van der Waals surface area contributed by atoms with Gasteiger partial charge < -0.3 is 5.73 Å². The molecule has 2 aromatic rings. The van der Waals surface area contributed by atoms with Crippen molar-refractivity contribution in [1.29, 1.82) is 0 Å². The zero-order valence-electron chi connectivity index (χ0n) is 10.7. The molecule has 2 aromatic carbocycles. The maximum Gasteiger partial charge on any atom is 0.266 e. The van der Waals surface area contributed by atoms with E-state index >= 15 is 0 Å². The maximum absolute atomic E-state index is 12.4. The van der Waals surface area contributed by atoms with Gasteiger partial charge in [-0.25, -0.2) is 4.90 Å². The molecule has 0 aromatic heterocycles. The largest absolute Gasteiger partial charge is 0.399 e. The highest BCUT2D eigenvalue weighted by molar-refractivity contribution is 9.10. The van der Waals surface area contributed by atoms with Gasteiger partial charge in [-0.3, -0.25) is 9.59 Å². The van der Waals surface area contributed by atoms with E-state index in [1.165, 1.54) is 4.90 Å². The minimum Gasteiger partial charge on any atom is -0.399 e. The smallest absolute Gasteiger partial charge is 0.266 e. The third-order valence-electron chi connectivity index (χ3n) is 3.32. The SMILES string of the molecule is Cc1ccc(N2C(=O)c3ccc(N)cc3C2=O)cc1Br. The third-order valence-corrected chi connectivity index (χ3v) is 4.18. The number of anilines is 2. The van der Waals surface area contributed by atoms with E-state index in [2.05, 4.69) is 15.9 Å². The van der Waals surface area contributed by atoms with Gasteiger partial charge in [0.2, 0.25) is 0 Å². The number of hydrogen-bond donors (Lipinski definition) is 1. The number of halogens is 1. The monoisotopic (exact) mass is 330 g/mol. The number of benzene rings is 2. The molecule has 0 aliphatic carbocycles. The van der Waals surface area contributed by atoms with Crippen LogP contribution in [0.5, 0.6) is 0 Å². The molecule has 4 nitrogen and oxygen atoms in total. The van der Waals surface area contributed by atoms with E-state index in [-0.39, 0.29) is 11.8 Å². The van der Waals surface area contributed by atoms with Crippen molar-refractivity contribution in [3.63, 3.8) is 0 Å². The van der Waals surface area contributed by atoms with Crippen LogP contribution in [0.1, 0.15) is 26.3 Å². The van der Waals surface area contributed by atoms with Crippen LogP contribution in [0.2, 0.25) is 0 Å². The van der Waals surface area contributed by atoms with E-state index in [1.54, 1.807) is 30.3 Å². The molecule has 1 heterocycles. The second-order valence-electron chi connectivity index (χ2n) is 4.68. The van der Waals surface area contributed by atoms with Crippen molar-refractivity contribution < 1.29 is 9.59 Å². The van der Waals surface area contributed by atoms with E-state index in [1.807, 2.05) is 13.0 Å². The average Bonchev–Trinajstić information content (AvgIpc) is 2.65. The lowest BCUT2D eigenvalue weighted by molar-refractivity contribution is 0.0926. The van der Waals surface area contributed by atoms with Crippen LogP contribution in [0.25, 0.3) is 0 Å². The number of nitrogen functional groups attached to an aromatic ring is 1. The number of fused-ring (bicyclic) bond motifs is 1. The van der Waals surface area contributed by atoms with Crippen molar-refractivity contribution in [3.8, 4) is 0 Å². The summed E-state index contributed by atoms with van der Waals surface area (Å²) in [5, 5.41) is 0. The van der Waals surface area contributed by atoms with Gasteiger partial charge in [-0.05, 0) is 42.8 Å². The van der Waals surface area contributed by atoms with Gasteiger partial charge in [-0.15, -0.1) is 0 Å². The second-order valence-corrected chi connectivity index (χ2v) is 5.54. The van der Waals surface area contributed by atoms with E-state index in [9.17, 15) is 9.59 Å². The molecule has 2 amide bonds. The van der Waals surface area contributed by atoms with Crippen LogP contribution in [0.15, 0.2) is 40.9 Å². The summed E-state index contributed by atoms with van der Waals surface area (Å²) in [6.45, 7) is 1.94. The number of hydrogen-bond acceptors (Lipinski definition) is 3. The molecule has 0 unspecified atom stereocenters. The molecular formula is C15H11BrN2O2. The molecule has 5 heteroatoms. The van der Waals surface area contributed by atoms with Crippen molar-refractivity contribution in [2.24, 2.45) is 0 Å². The number of aryl methyl sites for hydroxylation is 1. The molecule has 0 saturated carbocycles. The first-order valence-corrected chi connectivity index (χ1v) is 6.83. The number of rotatable bonds is 1. The first-order chi connectivity index (χ1) is 9.49. The lowest BCUT2D eigenvalue weighted by Gasteiger charge is -2.14. The fourth-order valence-electron chi connectivity index (χ4n) is 2.21. The Hall–Kier alpha value is -2.14. The summed E-state index contributed by atoms with van der Waals surface area (Å²) in [4.78, 5) is 25.9. The van der Waals surface area contributed by atoms with Gasteiger partial charge >= 0.3 is 0 Å². The topological polar surface area (TPSA) is 63.4 Å². The van der Waals surface area contributed by atoms with Gasteiger partial charge in [0.05, 0.1) is 16.8 Å². The molecule has 1 aliphatic rings. The van der Waals surface area contributed by atoms with Crippen LogP contribution >= 0.6 is 15.9 Å². The lowest BCUT2D eigenvalue weighted by atomic mass is 10.1. The second kappa shape index (κ2) is 4.45. The van der Waals surface area contributed by atoms with Gasteiger partial charge in [0.25, 0.3) is 11.8 Å². The lowest BCUT2D eigenvalue weighted by Crippen LogP contribution is -2.29. The number of nitrogens with zero attached hydrogens (tertiary/aromatic N) is 1. The predicted octanol–water partition coefficient (Wildman–Crippen LogP) is 3.14. The summed E-state index contributed by atoms with van der Waals surface area (Å²) >= 11 is 3.41. The van der Waals surface area contributed by atoms with Gasteiger partial charge in [-0.1, -0.05) is 22.0 Å². The van der Waals surface area contributed by atoms with Gasteiger partial charge in [0, 0.05) is 10.2 Å².